The van der Waals surface area contributed by atoms with E-state index >= 15 is 0 Å². The first kappa shape index (κ1) is 23.8. The maximum absolute atomic E-state index is 14.2. The van der Waals surface area contributed by atoms with Gasteiger partial charge in [-0.1, -0.05) is 41.9 Å². The Hall–Kier alpha value is -4.56. The smallest absolute Gasteiger partial charge is 0.252 e. The van der Waals surface area contributed by atoms with Gasteiger partial charge in [-0.3, -0.25) is 9.59 Å². The zero-order chi connectivity index (χ0) is 26.2. The summed E-state index contributed by atoms with van der Waals surface area (Å²) in [5.41, 5.74) is 5.01. The number of anilines is 1. The van der Waals surface area contributed by atoms with Gasteiger partial charge >= 0.3 is 0 Å². The Balaban J connectivity index is 1.42. The van der Waals surface area contributed by atoms with Gasteiger partial charge in [-0.15, -0.1) is 0 Å². The number of nitrogens with zero attached hydrogens (tertiary/aromatic N) is 3. The fraction of sp³-hybridized carbons (Fsp3) is 0.103. The lowest BCUT2D eigenvalue weighted by Crippen LogP contribution is -2.21. The first-order valence-corrected chi connectivity index (χ1v) is 12.4. The zero-order valence-corrected chi connectivity index (χ0v) is 20.7. The highest BCUT2D eigenvalue weighted by Crippen LogP contribution is 2.41. The number of benzene rings is 3. The lowest BCUT2D eigenvalue weighted by molar-refractivity contribution is -0.116. The summed E-state index contributed by atoms with van der Waals surface area (Å²) in [5.74, 6) is -1.02. The summed E-state index contributed by atoms with van der Waals surface area (Å²) in [6, 6.07) is 20.3. The van der Waals surface area contributed by atoms with Crippen LogP contribution in [0.4, 0.5) is 10.1 Å². The monoisotopic (exact) mass is 525 g/mol. The number of aryl methyl sites for hydroxylation is 1. The number of halogens is 2. The van der Waals surface area contributed by atoms with Crippen LogP contribution in [0, 0.1) is 5.82 Å². The fourth-order valence-corrected chi connectivity index (χ4v) is 5.00. The summed E-state index contributed by atoms with van der Waals surface area (Å²) in [6.07, 6.45) is 4.08. The van der Waals surface area contributed by atoms with Gasteiger partial charge in [0.1, 0.15) is 12.1 Å². The van der Waals surface area contributed by atoms with E-state index in [2.05, 4.69) is 20.7 Å². The van der Waals surface area contributed by atoms with Gasteiger partial charge < -0.3 is 10.6 Å². The van der Waals surface area contributed by atoms with Crippen LogP contribution in [0.1, 0.15) is 39.5 Å². The average molecular weight is 526 g/mol. The summed E-state index contributed by atoms with van der Waals surface area (Å²) in [5, 5.41) is 10.4. The summed E-state index contributed by atoms with van der Waals surface area (Å²) >= 11 is 6.42. The third kappa shape index (κ3) is 4.50. The lowest BCUT2D eigenvalue weighted by atomic mass is 9.93. The largest absolute Gasteiger partial charge is 0.341 e. The summed E-state index contributed by atoms with van der Waals surface area (Å²) < 4.78 is 15.8. The molecule has 3 heterocycles. The lowest BCUT2D eigenvalue weighted by Gasteiger charge is -2.19. The second-order valence-corrected chi connectivity index (χ2v) is 9.48. The Morgan fingerprint density at radius 1 is 1.05 bits per heavy atom. The maximum atomic E-state index is 14.2. The molecule has 2 aromatic heterocycles. The Morgan fingerprint density at radius 3 is 2.74 bits per heavy atom. The topological polar surface area (TPSA) is 88.4 Å². The van der Waals surface area contributed by atoms with Crippen molar-refractivity contribution in [3.05, 3.63) is 118 Å². The third-order valence-corrected chi connectivity index (χ3v) is 6.97. The van der Waals surface area contributed by atoms with Crippen LogP contribution < -0.4 is 10.6 Å². The Labute approximate surface area is 222 Å². The van der Waals surface area contributed by atoms with E-state index in [4.69, 9.17) is 11.6 Å². The van der Waals surface area contributed by atoms with Gasteiger partial charge in [-0.05, 0) is 60.0 Å². The minimum atomic E-state index is -0.725. The molecule has 0 spiro atoms. The van der Waals surface area contributed by atoms with E-state index in [1.807, 2.05) is 48.5 Å². The number of rotatable bonds is 6. The predicted molar refractivity (Wildman–Crippen MR) is 143 cm³/mol. The first-order valence-electron chi connectivity index (χ1n) is 12.0. The molecule has 0 saturated carbocycles. The van der Waals surface area contributed by atoms with E-state index in [1.165, 1.54) is 24.5 Å². The van der Waals surface area contributed by atoms with E-state index in [-0.39, 0.29) is 18.2 Å². The molecule has 2 N–H and O–H groups in total. The van der Waals surface area contributed by atoms with Crippen molar-refractivity contribution in [2.24, 2.45) is 0 Å². The SMILES string of the molecule is O=C(CCc1ccccc1)Nc1cc(-c2ccc3ncnn3c2)cc2c1C(c1cc(F)ccc1Cl)NC2=O. The highest BCUT2D eigenvalue weighted by molar-refractivity contribution is 6.31. The van der Waals surface area contributed by atoms with E-state index < -0.39 is 11.9 Å². The van der Waals surface area contributed by atoms with Crippen molar-refractivity contribution < 1.29 is 14.0 Å². The number of hydrogen-bond donors (Lipinski definition) is 2. The Bertz CT molecular complexity index is 1700. The number of nitrogens with one attached hydrogen (secondary N) is 2. The number of carbonyl (C=O) groups is 2. The molecule has 9 heteroatoms. The van der Waals surface area contributed by atoms with Crippen molar-refractivity contribution in [2.75, 3.05) is 5.32 Å². The van der Waals surface area contributed by atoms with Crippen LogP contribution in [0.5, 0.6) is 0 Å². The van der Waals surface area contributed by atoms with E-state index in [1.54, 1.807) is 16.8 Å². The maximum Gasteiger partial charge on any atom is 0.252 e. The molecule has 38 heavy (non-hydrogen) atoms. The molecule has 6 rings (SSSR count). The standard InChI is InChI=1S/C29H21ClFN5O2/c30-23-9-8-20(31)14-21(23)28-27-22(29(38)35-28)12-19(18-7-10-25-32-16-33-36(25)15-18)13-24(27)34-26(37)11-6-17-4-2-1-3-5-17/h1-5,7-10,12-16,28H,6,11H2,(H,34,37)(H,35,38). The second-order valence-electron chi connectivity index (χ2n) is 9.07. The number of pyridine rings is 1. The minimum Gasteiger partial charge on any atom is -0.341 e. The van der Waals surface area contributed by atoms with Gasteiger partial charge in [-0.2, -0.15) is 5.10 Å². The fourth-order valence-electron chi connectivity index (χ4n) is 4.78. The molecular weight excluding hydrogens is 505 g/mol. The first-order chi connectivity index (χ1) is 18.5. The molecular formula is C29H21ClFN5O2. The molecule has 0 radical (unpaired) electrons. The quantitative estimate of drug-likeness (QED) is 0.302. The third-order valence-electron chi connectivity index (χ3n) is 6.62. The molecule has 0 bridgehead atoms. The van der Waals surface area contributed by atoms with Gasteiger partial charge in [0.15, 0.2) is 5.65 Å². The number of fused-ring (bicyclic) bond motifs is 2. The predicted octanol–water partition coefficient (Wildman–Crippen LogP) is 5.59. The molecule has 5 aromatic rings. The normalized spacial score (nSPS) is 14.4. The Kier molecular flexibility index (Phi) is 6.09. The van der Waals surface area contributed by atoms with Gasteiger partial charge in [0.25, 0.3) is 5.91 Å². The van der Waals surface area contributed by atoms with Crippen LogP contribution >= 0.6 is 11.6 Å². The molecule has 1 aliphatic rings. The number of carbonyl (C=O) groups excluding carboxylic acids is 2. The summed E-state index contributed by atoms with van der Waals surface area (Å²) in [4.78, 5) is 30.4. The minimum absolute atomic E-state index is 0.205. The van der Waals surface area contributed by atoms with Crippen molar-refractivity contribution in [2.45, 2.75) is 18.9 Å². The molecule has 7 nitrogen and oxygen atoms in total. The van der Waals surface area contributed by atoms with Crippen molar-refractivity contribution >= 4 is 34.7 Å². The highest BCUT2D eigenvalue weighted by Gasteiger charge is 2.35. The molecule has 0 aliphatic carbocycles. The second kappa shape index (κ2) is 9.72. The van der Waals surface area contributed by atoms with Crippen LogP contribution in [0.15, 0.2) is 85.3 Å². The molecule has 3 aromatic carbocycles. The van der Waals surface area contributed by atoms with Gasteiger partial charge in [0, 0.05) is 45.6 Å². The highest BCUT2D eigenvalue weighted by atomic mass is 35.5. The zero-order valence-electron chi connectivity index (χ0n) is 20.0. The number of hydrogen-bond acceptors (Lipinski definition) is 4. The van der Waals surface area contributed by atoms with Crippen molar-refractivity contribution in [1.82, 2.24) is 19.9 Å². The van der Waals surface area contributed by atoms with E-state index in [9.17, 15) is 14.0 Å². The number of aromatic nitrogens is 3. The van der Waals surface area contributed by atoms with Crippen LogP contribution in [0.25, 0.3) is 16.8 Å². The molecule has 1 unspecified atom stereocenters. The van der Waals surface area contributed by atoms with Crippen LogP contribution in [0.3, 0.4) is 0 Å². The molecule has 188 valence electrons. The van der Waals surface area contributed by atoms with Crippen molar-refractivity contribution in [3.8, 4) is 11.1 Å². The van der Waals surface area contributed by atoms with Crippen molar-refractivity contribution in [1.29, 1.82) is 0 Å². The summed E-state index contributed by atoms with van der Waals surface area (Å²) in [7, 11) is 0. The molecule has 0 saturated heterocycles. The van der Waals surface area contributed by atoms with E-state index in [0.29, 0.717) is 45.0 Å². The average Bonchev–Trinajstić information content (AvgIpc) is 3.53. The van der Waals surface area contributed by atoms with Crippen LogP contribution in [-0.2, 0) is 11.2 Å². The van der Waals surface area contributed by atoms with Gasteiger partial charge in [0.05, 0.1) is 6.04 Å². The molecule has 1 atom stereocenters. The Morgan fingerprint density at radius 2 is 1.89 bits per heavy atom. The van der Waals surface area contributed by atoms with Crippen LogP contribution in [-0.4, -0.2) is 26.4 Å². The molecule has 0 fully saturated rings. The van der Waals surface area contributed by atoms with Crippen LogP contribution in [0.2, 0.25) is 5.02 Å². The molecule has 1 aliphatic heterocycles. The molecule has 2 amide bonds. The van der Waals surface area contributed by atoms with E-state index in [0.717, 1.165) is 11.1 Å². The van der Waals surface area contributed by atoms with Crippen molar-refractivity contribution in [3.63, 3.8) is 0 Å². The summed E-state index contributed by atoms with van der Waals surface area (Å²) in [6.45, 7) is 0. The van der Waals surface area contributed by atoms with Gasteiger partial charge in [0.2, 0.25) is 5.91 Å². The number of amides is 2. The van der Waals surface area contributed by atoms with Gasteiger partial charge in [-0.25, -0.2) is 13.9 Å².